The molecular weight excluding hydrogens is 181 g/mol. The molecule has 0 bridgehead atoms. The van der Waals surface area contributed by atoms with Gasteiger partial charge in [0.05, 0.1) is 0 Å². The number of rotatable bonds is 2. The van der Waals surface area contributed by atoms with Gasteiger partial charge in [-0.15, -0.1) is 0 Å². The van der Waals surface area contributed by atoms with Crippen molar-refractivity contribution in [3.05, 3.63) is 0 Å². The average Bonchev–Trinajstić information content (AvgIpc) is 2.05. The normalized spacial score (nSPS) is 23.1. The summed E-state index contributed by atoms with van der Waals surface area (Å²) in [5.41, 5.74) is 5.13. The Morgan fingerprint density at radius 3 is 2.08 bits per heavy atom. The van der Waals surface area contributed by atoms with Crippen molar-refractivity contribution >= 4 is 0 Å². The van der Waals surface area contributed by atoms with Crippen LogP contribution in [-0.4, -0.2) is 36.8 Å². The van der Waals surface area contributed by atoms with Crippen molar-refractivity contribution < 1.29 is 13.2 Å². The molecule has 1 atom stereocenters. The Bertz CT molecular complexity index is 152. The molecule has 1 rings (SSSR count). The zero-order valence-electron chi connectivity index (χ0n) is 7.48. The number of nitrogens with zero attached hydrogens (tertiary/aromatic N) is 1. The molecule has 1 aliphatic heterocycles. The molecule has 1 aliphatic rings. The highest BCUT2D eigenvalue weighted by Gasteiger charge is 2.42. The topological polar surface area (TPSA) is 29.3 Å². The van der Waals surface area contributed by atoms with Crippen molar-refractivity contribution in [1.29, 1.82) is 0 Å². The monoisotopic (exact) mass is 196 g/mol. The molecule has 0 unspecified atom stereocenters. The van der Waals surface area contributed by atoms with E-state index in [0.29, 0.717) is 13.1 Å². The Balaban J connectivity index is 2.54. The van der Waals surface area contributed by atoms with Crippen LogP contribution in [0.3, 0.4) is 0 Å². The summed E-state index contributed by atoms with van der Waals surface area (Å²) in [5.74, 6) is 0. The first-order chi connectivity index (χ1) is 6.05. The lowest BCUT2D eigenvalue weighted by molar-refractivity contribution is -0.182. The highest BCUT2D eigenvalue weighted by atomic mass is 19.4. The van der Waals surface area contributed by atoms with Crippen LogP contribution in [-0.2, 0) is 0 Å². The molecule has 0 aromatic heterocycles. The summed E-state index contributed by atoms with van der Waals surface area (Å²) in [6, 6.07) is -1.44. The van der Waals surface area contributed by atoms with Gasteiger partial charge in [0.1, 0.15) is 6.04 Å². The van der Waals surface area contributed by atoms with Crippen LogP contribution in [0.2, 0.25) is 0 Å². The lowest BCUT2D eigenvalue weighted by Gasteiger charge is -2.34. The number of piperidine rings is 1. The SMILES string of the molecule is NC[C@H](N1CCCCC1)C(F)(F)F. The quantitative estimate of drug-likeness (QED) is 0.722. The molecule has 1 heterocycles. The van der Waals surface area contributed by atoms with Crippen molar-refractivity contribution in [3.8, 4) is 0 Å². The van der Waals surface area contributed by atoms with Gasteiger partial charge in [0.15, 0.2) is 0 Å². The maximum absolute atomic E-state index is 12.4. The van der Waals surface area contributed by atoms with E-state index < -0.39 is 12.2 Å². The van der Waals surface area contributed by atoms with E-state index in [-0.39, 0.29) is 6.54 Å². The maximum Gasteiger partial charge on any atom is 0.405 e. The number of likely N-dealkylation sites (tertiary alicyclic amines) is 1. The van der Waals surface area contributed by atoms with E-state index in [2.05, 4.69) is 0 Å². The molecular formula is C8H15F3N2. The van der Waals surface area contributed by atoms with E-state index >= 15 is 0 Å². The molecule has 13 heavy (non-hydrogen) atoms. The minimum Gasteiger partial charge on any atom is -0.329 e. The van der Waals surface area contributed by atoms with Gasteiger partial charge < -0.3 is 5.73 Å². The Kier molecular flexibility index (Phi) is 3.55. The highest BCUT2D eigenvalue weighted by Crippen LogP contribution is 2.26. The Hall–Kier alpha value is -0.290. The molecule has 0 aromatic carbocycles. The second-order valence-electron chi connectivity index (χ2n) is 3.39. The predicted octanol–water partition coefficient (Wildman–Crippen LogP) is 1.36. The first-order valence-corrected chi connectivity index (χ1v) is 4.56. The van der Waals surface area contributed by atoms with E-state index in [1.165, 1.54) is 4.90 Å². The van der Waals surface area contributed by atoms with Gasteiger partial charge in [0, 0.05) is 6.54 Å². The van der Waals surface area contributed by atoms with Gasteiger partial charge in [-0.3, -0.25) is 4.90 Å². The zero-order valence-corrected chi connectivity index (χ0v) is 7.48. The molecule has 0 radical (unpaired) electrons. The number of alkyl halides is 3. The van der Waals surface area contributed by atoms with Gasteiger partial charge in [-0.25, -0.2) is 0 Å². The summed E-state index contributed by atoms with van der Waals surface area (Å²) < 4.78 is 37.1. The summed E-state index contributed by atoms with van der Waals surface area (Å²) in [7, 11) is 0. The Morgan fingerprint density at radius 1 is 1.15 bits per heavy atom. The summed E-state index contributed by atoms with van der Waals surface area (Å²) >= 11 is 0. The van der Waals surface area contributed by atoms with E-state index in [4.69, 9.17) is 5.73 Å². The third kappa shape index (κ3) is 2.84. The lowest BCUT2D eigenvalue weighted by Crippen LogP contribution is -2.51. The third-order valence-electron chi connectivity index (χ3n) is 2.43. The number of hydrogen-bond acceptors (Lipinski definition) is 2. The van der Waals surface area contributed by atoms with Gasteiger partial charge in [-0.2, -0.15) is 13.2 Å². The van der Waals surface area contributed by atoms with Crippen LogP contribution >= 0.6 is 0 Å². The minimum atomic E-state index is -4.17. The molecule has 2 nitrogen and oxygen atoms in total. The molecule has 2 N–H and O–H groups in total. The van der Waals surface area contributed by atoms with Gasteiger partial charge in [-0.1, -0.05) is 6.42 Å². The lowest BCUT2D eigenvalue weighted by atomic mass is 10.1. The van der Waals surface area contributed by atoms with Crippen LogP contribution in [0.25, 0.3) is 0 Å². The van der Waals surface area contributed by atoms with Gasteiger partial charge in [-0.05, 0) is 25.9 Å². The van der Waals surface area contributed by atoms with Gasteiger partial charge >= 0.3 is 6.18 Å². The largest absolute Gasteiger partial charge is 0.405 e. The molecule has 0 spiro atoms. The Labute approximate surface area is 75.9 Å². The number of halogens is 3. The average molecular weight is 196 g/mol. The number of hydrogen-bond donors (Lipinski definition) is 1. The standard InChI is InChI=1S/C8H15F3N2/c9-8(10,11)7(6-12)13-4-2-1-3-5-13/h7H,1-6,12H2/t7-/m0/s1. The van der Waals surface area contributed by atoms with Gasteiger partial charge in [0.2, 0.25) is 0 Å². The second-order valence-corrected chi connectivity index (χ2v) is 3.39. The van der Waals surface area contributed by atoms with Gasteiger partial charge in [0.25, 0.3) is 0 Å². The highest BCUT2D eigenvalue weighted by molar-refractivity contribution is 4.81. The van der Waals surface area contributed by atoms with E-state index in [1.807, 2.05) is 0 Å². The van der Waals surface area contributed by atoms with E-state index in [1.54, 1.807) is 0 Å². The van der Waals surface area contributed by atoms with Crippen LogP contribution in [0.15, 0.2) is 0 Å². The summed E-state index contributed by atoms with van der Waals surface area (Å²) in [6.45, 7) is 0.728. The van der Waals surface area contributed by atoms with Crippen LogP contribution < -0.4 is 5.73 Å². The molecule has 0 saturated carbocycles. The number of nitrogens with two attached hydrogens (primary N) is 1. The fourth-order valence-electron chi connectivity index (χ4n) is 1.72. The molecule has 1 fully saturated rings. The van der Waals surface area contributed by atoms with Crippen molar-refractivity contribution in [2.24, 2.45) is 5.73 Å². The molecule has 1 saturated heterocycles. The summed E-state index contributed by atoms with van der Waals surface area (Å²) in [4.78, 5) is 1.45. The van der Waals surface area contributed by atoms with Crippen molar-refractivity contribution in [2.45, 2.75) is 31.5 Å². The summed E-state index contributed by atoms with van der Waals surface area (Å²) in [5, 5.41) is 0. The first kappa shape index (κ1) is 10.8. The van der Waals surface area contributed by atoms with Crippen LogP contribution in [0.1, 0.15) is 19.3 Å². The minimum absolute atomic E-state index is 0.330. The van der Waals surface area contributed by atoms with Crippen LogP contribution in [0.5, 0.6) is 0 Å². The van der Waals surface area contributed by atoms with E-state index in [0.717, 1.165) is 19.3 Å². The predicted molar refractivity (Wildman–Crippen MR) is 44.3 cm³/mol. The fourth-order valence-corrected chi connectivity index (χ4v) is 1.72. The molecule has 0 aliphatic carbocycles. The third-order valence-corrected chi connectivity index (χ3v) is 2.43. The maximum atomic E-state index is 12.4. The van der Waals surface area contributed by atoms with Crippen molar-refractivity contribution in [2.75, 3.05) is 19.6 Å². The smallest absolute Gasteiger partial charge is 0.329 e. The Morgan fingerprint density at radius 2 is 1.69 bits per heavy atom. The zero-order chi connectivity index (χ0) is 9.90. The fraction of sp³-hybridized carbons (Fsp3) is 1.00. The van der Waals surface area contributed by atoms with Crippen LogP contribution in [0.4, 0.5) is 13.2 Å². The first-order valence-electron chi connectivity index (χ1n) is 4.56. The van der Waals surface area contributed by atoms with E-state index in [9.17, 15) is 13.2 Å². The molecule has 0 aromatic rings. The second kappa shape index (κ2) is 4.28. The van der Waals surface area contributed by atoms with Crippen molar-refractivity contribution in [3.63, 3.8) is 0 Å². The summed E-state index contributed by atoms with van der Waals surface area (Å²) in [6.07, 6.45) is -1.43. The molecule has 0 amide bonds. The molecule has 78 valence electrons. The molecule has 5 heteroatoms. The van der Waals surface area contributed by atoms with Crippen molar-refractivity contribution in [1.82, 2.24) is 4.90 Å². The van der Waals surface area contributed by atoms with Crippen LogP contribution in [0, 0.1) is 0 Å².